The molecule has 170 valence electrons. The van der Waals surface area contributed by atoms with Crippen molar-refractivity contribution in [2.45, 2.75) is 25.4 Å². The number of hydrogen-bond donors (Lipinski definition) is 2. The molecular weight excluding hydrogens is 428 g/mol. The van der Waals surface area contributed by atoms with Crippen LogP contribution in [0.3, 0.4) is 0 Å². The van der Waals surface area contributed by atoms with Crippen LogP contribution in [0.25, 0.3) is 16.9 Å². The smallest absolute Gasteiger partial charge is 0.343 e. The van der Waals surface area contributed by atoms with Crippen LogP contribution in [-0.2, 0) is 4.79 Å². The third-order valence-electron chi connectivity index (χ3n) is 5.74. The maximum absolute atomic E-state index is 12.3. The van der Waals surface area contributed by atoms with Crippen LogP contribution >= 0.6 is 0 Å². The third kappa shape index (κ3) is 5.11. The van der Waals surface area contributed by atoms with Crippen molar-refractivity contribution in [3.63, 3.8) is 0 Å². The normalized spacial score (nSPS) is 16.6. The quantitative estimate of drug-likeness (QED) is 0.281. The lowest BCUT2D eigenvalue weighted by atomic mass is 10.0. The van der Waals surface area contributed by atoms with E-state index in [1.54, 1.807) is 42.5 Å². The lowest BCUT2D eigenvalue weighted by Gasteiger charge is -2.12. The monoisotopic (exact) mass is 452 g/mol. The van der Waals surface area contributed by atoms with Gasteiger partial charge >= 0.3 is 5.97 Å². The molecule has 0 aliphatic heterocycles. The molecule has 5 rings (SSSR count). The summed E-state index contributed by atoms with van der Waals surface area (Å²) in [6.07, 6.45) is 6.77. The first-order valence-electron chi connectivity index (χ1n) is 11.2. The first-order chi connectivity index (χ1) is 16.5. The van der Waals surface area contributed by atoms with Gasteiger partial charge in [-0.05, 0) is 90.6 Å². The molecule has 34 heavy (non-hydrogen) atoms. The Balaban J connectivity index is 1.25. The molecule has 0 heterocycles. The molecule has 0 aromatic heterocycles. The molecule has 1 fully saturated rings. The maximum atomic E-state index is 12.3. The van der Waals surface area contributed by atoms with Crippen LogP contribution in [0.2, 0.25) is 0 Å². The summed E-state index contributed by atoms with van der Waals surface area (Å²) < 4.78 is 11.6. The third-order valence-corrected chi connectivity index (χ3v) is 5.74. The maximum Gasteiger partial charge on any atom is 0.343 e. The number of aliphatic hydroxyl groups excluding tert-OH is 1. The fourth-order valence-electron chi connectivity index (χ4n) is 3.71. The molecule has 5 heteroatoms. The molecule has 2 aliphatic carbocycles. The largest absolute Gasteiger partial charge is 0.508 e. The zero-order chi connectivity index (χ0) is 23.5. The van der Waals surface area contributed by atoms with E-state index in [1.807, 2.05) is 48.5 Å². The van der Waals surface area contributed by atoms with Crippen LogP contribution in [0.4, 0.5) is 0 Å². The van der Waals surface area contributed by atoms with Crippen molar-refractivity contribution in [3.8, 4) is 28.4 Å². The van der Waals surface area contributed by atoms with Crippen LogP contribution < -0.4 is 9.47 Å². The summed E-state index contributed by atoms with van der Waals surface area (Å²) in [5, 5.41) is 19.0. The summed E-state index contributed by atoms with van der Waals surface area (Å²) in [7, 11) is 0. The summed E-state index contributed by atoms with van der Waals surface area (Å²) in [4.78, 5) is 12.3. The van der Waals surface area contributed by atoms with Crippen molar-refractivity contribution in [3.05, 3.63) is 108 Å². The SMILES string of the molecule is O=C(Oc1ccc(-c2ccc(OC(=C3CC3)c3ccc(O)cc3)cc2)cc1)C1=CCC(O)C=C1. The van der Waals surface area contributed by atoms with E-state index in [4.69, 9.17) is 9.47 Å². The highest BCUT2D eigenvalue weighted by molar-refractivity contribution is 5.93. The minimum absolute atomic E-state index is 0.233. The molecule has 1 saturated carbocycles. The lowest BCUT2D eigenvalue weighted by molar-refractivity contribution is -0.129. The van der Waals surface area contributed by atoms with Crippen LogP contribution in [-0.4, -0.2) is 22.3 Å². The molecule has 1 atom stereocenters. The zero-order valence-corrected chi connectivity index (χ0v) is 18.5. The van der Waals surface area contributed by atoms with E-state index in [9.17, 15) is 15.0 Å². The van der Waals surface area contributed by atoms with Gasteiger partial charge < -0.3 is 19.7 Å². The van der Waals surface area contributed by atoms with Gasteiger partial charge in [0.15, 0.2) is 0 Å². The predicted octanol–water partition coefficient (Wildman–Crippen LogP) is 5.80. The minimum atomic E-state index is -0.544. The van der Waals surface area contributed by atoms with Crippen LogP contribution in [0.5, 0.6) is 17.2 Å². The number of carbonyl (C=O) groups is 1. The predicted molar refractivity (Wildman–Crippen MR) is 130 cm³/mol. The Morgan fingerprint density at radius 3 is 1.91 bits per heavy atom. The Kier molecular flexibility index (Phi) is 6.02. The Bertz CT molecular complexity index is 1270. The molecule has 0 radical (unpaired) electrons. The van der Waals surface area contributed by atoms with Gasteiger partial charge in [0.2, 0.25) is 0 Å². The van der Waals surface area contributed by atoms with E-state index in [1.165, 1.54) is 5.57 Å². The molecule has 0 amide bonds. The molecule has 0 spiro atoms. The van der Waals surface area contributed by atoms with E-state index >= 15 is 0 Å². The number of rotatable bonds is 6. The number of benzene rings is 3. The zero-order valence-electron chi connectivity index (χ0n) is 18.5. The molecule has 0 bridgehead atoms. The number of ether oxygens (including phenoxy) is 2. The second kappa shape index (κ2) is 9.41. The minimum Gasteiger partial charge on any atom is -0.508 e. The van der Waals surface area contributed by atoms with E-state index < -0.39 is 12.1 Å². The number of carbonyl (C=O) groups excluding carboxylic acids is 1. The van der Waals surface area contributed by atoms with Crippen LogP contribution in [0.15, 0.2) is 102 Å². The average Bonchev–Trinajstić information content (AvgIpc) is 3.70. The van der Waals surface area contributed by atoms with E-state index in [0.29, 0.717) is 17.7 Å². The molecule has 2 N–H and O–H groups in total. The van der Waals surface area contributed by atoms with Crippen molar-refractivity contribution < 1.29 is 24.5 Å². The highest BCUT2D eigenvalue weighted by atomic mass is 16.5. The van der Waals surface area contributed by atoms with Gasteiger partial charge in [-0.15, -0.1) is 0 Å². The van der Waals surface area contributed by atoms with Crippen molar-refractivity contribution >= 4 is 11.7 Å². The molecule has 3 aromatic rings. The van der Waals surface area contributed by atoms with Gasteiger partial charge in [0, 0.05) is 5.56 Å². The Morgan fingerprint density at radius 2 is 1.38 bits per heavy atom. The van der Waals surface area contributed by atoms with Gasteiger partial charge in [-0.2, -0.15) is 0 Å². The Morgan fingerprint density at radius 1 is 0.794 bits per heavy atom. The van der Waals surface area contributed by atoms with Gasteiger partial charge in [0.1, 0.15) is 23.0 Å². The molecule has 0 saturated heterocycles. The van der Waals surface area contributed by atoms with Gasteiger partial charge in [-0.25, -0.2) is 4.79 Å². The second-order valence-electron chi connectivity index (χ2n) is 8.34. The number of aliphatic hydroxyl groups is 1. The number of hydrogen-bond acceptors (Lipinski definition) is 5. The van der Waals surface area contributed by atoms with Gasteiger partial charge in [0.25, 0.3) is 0 Å². The van der Waals surface area contributed by atoms with E-state index in [2.05, 4.69) is 0 Å². The van der Waals surface area contributed by atoms with Crippen LogP contribution in [0.1, 0.15) is 24.8 Å². The summed E-state index contributed by atoms with van der Waals surface area (Å²) >= 11 is 0. The van der Waals surface area contributed by atoms with Crippen molar-refractivity contribution in [2.24, 2.45) is 0 Å². The fourth-order valence-corrected chi connectivity index (χ4v) is 3.71. The van der Waals surface area contributed by atoms with Gasteiger partial charge in [0.05, 0.1) is 11.7 Å². The summed E-state index contributed by atoms with van der Waals surface area (Å²) in [6.45, 7) is 0. The fraction of sp³-hybridized carbons (Fsp3) is 0.138. The van der Waals surface area contributed by atoms with Crippen LogP contribution in [0, 0.1) is 0 Å². The molecule has 1 unspecified atom stereocenters. The highest BCUT2D eigenvalue weighted by Gasteiger charge is 2.21. The first kappa shape index (κ1) is 21.7. The molecule has 5 nitrogen and oxygen atoms in total. The topological polar surface area (TPSA) is 76.0 Å². The van der Waals surface area contributed by atoms with Gasteiger partial charge in [-0.3, -0.25) is 0 Å². The summed E-state index contributed by atoms with van der Waals surface area (Å²) in [5.41, 5.74) is 4.68. The second-order valence-corrected chi connectivity index (χ2v) is 8.34. The first-order valence-corrected chi connectivity index (χ1v) is 11.2. The lowest BCUT2D eigenvalue weighted by Crippen LogP contribution is -2.14. The standard InChI is InChI=1S/C29H24O5/c30-24-11-3-22(4-12-24)28(21-1-2-21)33-26-15-7-19(8-16-26)20-9-17-27(18-10-20)34-29(32)23-5-13-25(31)14-6-23/h3-13,15-18,25,30-31H,1-2,14H2. The van der Waals surface area contributed by atoms with E-state index in [-0.39, 0.29) is 5.75 Å². The van der Waals surface area contributed by atoms with Gasteiger partial charge in [-0.1, -0.05) is 36.4 Å². The van der Waals surface area contributed by atoms with E-state index in [0.717, 1.165) is 41.0 Å². The van der Waals surface area contributed by atoms with Crippen molar-refractivity contribution in [2.75, 3.05) is 0 Å². The molecular formula is C29H24O5. The average molecular weight is 453 g/mol. The number of esters is 1. The molecule has 3 aromatic carbocycles. The Labute approximate surface area is 197 Å². The highest BCUT2D eigenvalue weighted by Crippen LogP contribution is 2.38. The number of aromatic hydroxyl groups is 1. The summed E-state index contributed by atoms with van der Waals surface area (Å²) in [6, 6.07) is 22.2. The number of phenols is 1. The number of phenolic OH excluding ortho intramolecular Hbond substituents is 1. The van der Waals surface area contributed by atoms with Crippen molar-refractivity contribution in [1.82, 2.24) is 0 Å². The Hall–Kier alpha value is -4.09. The number of allylic oxidation sites excluding steroid dienone is 1. The molecule has 2 aliphatic rings. The van der Waals surface area contributed by atoms with Crippen molar-refractivity contribution in [1.29, 1.82) is 0 Å². The summed E-state index contributed by atoms with van der Waals surface area (Å²) in [5.74, 6) is 1.86.